The van der Waals surface area contributed by atoms with Crippen LogP contribution in [0.3, 0.4) is 0 Å². The maximum Gasteiger partial charge on any atom is 0.271 e. The van der Waals surface area contributed by atoms with Crippen molar-refractivity contribution in [1.82, 2.24) is 30.8 Å². The number of hydrogen-bond acceptors (Lipinski definition) is 5. The smallest absolute Gasteiger partial charge is 0.271 e. The van der Waals surface area contributed by atoms with Gasteiger partial charge < -0.3 is 0 Å². The maximum absolute atomic E-state index is 11.9. The van der Waals surface area contributed by atoms with E-state index in [4.69, 9.17) is 0 Å². The maximum atomic E-state index is 11.9. The largest absolute Gasteiger partial charge is 0.271 e. The van der Waals surface area contributed by atoms with Crippen molar-refractivity contribution in [1.29, 1.82) is 0 Å². The number of benzene rings is 1. The molecule has 0 unspecified atom stereocenters. The second-order valence-electron chi connectivity index (χ2n) is 4.48. The lowest BCUT2D eigenvalue weighted by Gasteiger charge is -2.07. The molecule has 2 amide bonds. The molecule has 0 saturated heterocycles. The lowest BCUT2D eigenvalue weighted by molar-refractivity contribution is -0.122. The van der Waals surface area contributed by atoms with Gasteiger partial charge >= 0.3 is 0 Å². The van der Waals surface area contributed by atoms with Gasteiger partial charge in [-0.15, -0.1) is 5.10 Å². The normalized spacial score (nSPS) is 10.4. The summed E-state index contributed by atoms with van der Waals surface area (Å²) < 4.78 is 1.46. The van der Waals surface area contributed by atoms with Crippen molar-refractivity contribution in [2.24, 2.45) is 0 Å². The van der Waals surface area contributed by atoms with Gasteiger partial charge in [-0.3, -0.25) is 25.4 Å². The summed E-state index contributed by atoms with van der Waals surface area (Å²) in [6.45, 7) is -0.0478. The van der Waals surface area contributed by atoms with E-state index < -0.39 is 11.8 Å². The molecule has 2 aromatic heterocycles. The topological polar surface area (TPSA) is 102 Å². The van der Waals surface area contributed by atoms with Crippen LogP contribution >= 0.6 is 0 Å². The quantitative estimate of drug-likeness (QED) is 0.676. The predicted molar refractivity (Wildman–Crippen MR) is 77.4 cm³/mol. The third-order valence-electron chi connectivity index (χ3n) is 2.95. The van der Waals surface area contributed by atoms with Crippen LogP contribution in [-0.2, 0) is 11.3 Å². The summed E-state index contributed by atoms with van der Waals surface area (Å²) in [6.07, 6.45) is 2.97. The molecule has 0 aliphatic rings. The first-order valence-corrected chi connectivity index (χ1v) is 6.51. The Balaban J connectivity index is 1.60. The molecule has 8 heteroatoms. The van der Waals surface area contributed by atoms with Gasteiger partial charge in [0.2, 0.25) is 0 Å². The Hall–Kier alpha value is -3.29. The zero-order chi connectivity index (χ0) is 15.4. The average Bonchev–Trinajstić information content (AvgIpc) is 2.97. The Bertz CT molecular complexity index is 814. The molecule has 0 saturated carbocycles. The second kappa shape index (κ2) is 6.00. The molecule has 2 heterocycles. The number of fused-ring (bicyclic) bond motifs is 1. The lowest BCUT2D eigenvalue weighted by Crippen LogP contribution is -2.43. The number of hydrogen-bond donors (Lipinski definition) is 2. The van der Waals surface area contributed by atoms with Crippen LogP contribution in [0, 0.1) is 0 Å². The molecule has 0 spiro atoms. The lowest BCUT2D eigenvalue weighted by atomic mass is 10.3. The van der Waals surface area contributed by atoms with E-state index in [0.29, 0.717) is 11.1 Å². The molecule has 0 radical (unpaired) electrons. The van der Waals surface area contributed by atoms with E-state index in [1.54, 1.807) is 24.4 Å². The van der Waals surface area contributed by atoms with Crippen molar-refractivity contribution in [2.45, 2.75) is 6.54 Å². The predicted octanol–water partition coefficient (Wildman–Crippen LogP) is 0.287. The van der Waals surface area contributed by atoms with Crippen LogP contribution in [0.5, 0.6) is 0 Å². The average molecular weight is 296 g/mol. The third kappa shape index (κ3) is 2.90. The van der Waals surface area contributed by atoms with E-state index >= 15 is 0 Å². The van der Waals surface area contributed by atoms with Gasteiger partial charge in [-0.05, 0) is 24.3 Å². The van der Waals surface area contributed by atoms with Crippen LogP contribution in [0.15, 0.2) is 48.8 Å². The molecule has 0 atom stereocenters. The van der Waals surface area contributed by atoms with Crippen molar-refractivity contribution in [3.63, 3.8) is 0 Å². The van der Waals surface area contributed by atoms with E-state index in [1.807, 2.05) is 18.2 Å². The van der Waals surface area contributed by atoms with Crippen molar-refractivity contribution >= 4 is 22.8 Å². The highest BCUT2D eigenvalue weighted by Gasteiger charge is 2.10. The summed E-state index contributed by atoms with van der Waals surface area (Å²) in [5.41, 5.74) is 6.45. The third-order valence-corrected chi connectivity index (χ3v) is 2.95. The monoisotopic (exact) mass is 296 g/mol. The van der Waals surface area contributed by atoms with E-state index in [9.17, 15) is 9.59 Å². The van der Waals surface area contributed by atoms with Crippen molar-refractivity contribution < 1.29 is 9.59 Å². The van der Waals surface area contributed by atoms with Gasteiger partial charge in [0.25, 0.3) is 11.8 Å². The number of hydrazine groups is 1. The molecule has 0 aliphatic carbocycles. The number of nitrogens with zero attached hydrogens (tertiary/aromatic N) is 4. The Morgan fingerprint density at radius 1 is 1.09 bits per heavy atom. The molecule has 0 bridgehead atoms. The number of rotatable bonds is 3. The van der Waals surface area contributed by atoms with E-state index in [-0.39, 0.29) is 6.54 Å². The Morgan fingerprint density at radius 2 is 1.95 bits per heavy atom. The van der Waals surface area contributed by atoms with Gasteiger partial charge in [0.05, 0.1) is 11.1 Å². The molecule has 8 nitrogen and oxygen atoms in total. The fourth-order valence-corrected chi connectivity index (χ4v) is 1.91. The van der Waals surface area contributed by atoms with Crippen LogP contribution < -0.4 is 10.9 Å². The highest BCUT2D eigenvalue weighted by molar-refractivity contribution is 5.95. The van der Waals surface area contributed by atoms with Gasteiger partial charge in [0.1, 0.15) is 12.1 Å². The fraction of sp³-hybridized carbons (Fsp3) is 0.0714. The molecule has 3 rings (SSSR count). The molecule has 22 heavy (non-hydrogen) atoms. The van der Waals surface area contributed by atoms with Crippen molar-refractivity contribution in [3.05, 3.63) is 54.4 Å². The molecule has 3 aromatic rings. The van der Waals surface area contributed by atoms with E-state index in [2.05, 4.69) is 26.1 Å². The number of para-hydroxylation sites is 1. The van der Waals surface area contributed by atoms with Crippen molar-refractivity contribution in [3.8, 4) is 0 Å². The minimum Gasteiger partial charge on any atom is -0.271 e. The first-order valence-electron chi connectivity index (χ1n) is 6.51. The molecular weight excluding hydrogens is 284 g/mol. The van der Waals surface area contributed by atoms with Crippen LogP contribution in [0.4, 0.5) is 0 Å². The summed E-state index contributed by atoms with van der Waals surface area (Å²) in [6, 6.07) is 10.5. The van der Waals surface area contributed by atoms with Crippen LogP contribution in [0.2, 0.25) is 0 Å². The van der Waals surface area contributed by atoms with E-state index in [0.717, 1.165) is 5.52 Å². The van der Waals surface area contributed by atoms with Gasteiger partial charge in [0.15, 0.2) is 0 Å². The summed E-state index contributed by atoms with van der Waals surface area (Å²) in [5.74, 6) is -0.849. The minimum atomic E-state index is -0.440. The number of nitrogens with one attached hydrogen (secondary N) is 2. The minimum absolute atomic E-state index is 0.0478. The second-order valence-corrected chi connectivity index (χ2v) is 4.48. The van der Waals surface area contributed by atoms with Crippen molar-refractivity contribution in [2.75, 3.05) is 0 Å². The number of pyridine rings is 1. The van der Waals surface area contributed by atoms with E-state index in [1.165, 1.54) is 10.9 Å². The number of aromatic nitrogens is 4. The first kappa shape index (κ1) is 13.7. The molecule has 2 N–H and O–H groups in total. The molecule has 0 aliphatic heterocycles. The molecule has 1 aromatic carbocycles. The SMILES string of the molecule is O=C(Cn1nnc2ccccc21)NNC(=O)c1cccnc1. The standard InChI is InChI=1S/C14H12N6O2/c21-13(17-18-14(22)10-4-3-7-15-8-10)9-20-12-6-2-1-5-11(12)16-19-20/h1-8H,9H2,(H,17,21)(H,18,22). The Labute approximate surface area is 125 Å². The van der Waals surface area contributed by atoms with Gasteiger partial charge in [-0.2, -0.15) is 0 Å². The highest BCUT2D eigenvalue weighted by atomic mass is 16.2. The van der Waals surface area contributed by atoms with Crippen LogP contribution in [0.25, 0.3) is 11.0 Å². The molecular formula is C14H12N6O2. The van der Waals surface area contributed by atoms with Crippen LogP contribution in [-0.4, -0.2) is 31.8 Å². The summed E-state index contributed by atoms with van der Waals surface area (Å²) in [4.78, 5) is 27.5. The van der Waals surface area contributed by atoms with Gasteiger partial charge in [-0.1, -0.05) is 17.3 Å². The summed E-state index contributed by atoms with van der Waals surface area (Å²) in [7, 11) is 0. The molecule has 110 valence electrons. The summed E-state index contributed by atoms with van der Waals surface area (Å²) >= 11 is 0. The zero-order valence-electron chi connectivity index (χ0n) is 11.4. The molecule has 0 fully saturated rings. The Morgan fingerprint density at radius 3 is 2.77 bits per heavy atom. The van der Waals surface area contributed by atoms with Gasteiger partial charge in [0, 0.05) is 12.4 Å². The summed E-state index contributed by atoms with van der Waals surface area (Å²) in [5, 5.41) is 7.86. The number of carbonyl (C=O) groups is 2. The number of amides is 2. The highest BCUT2D eigenvalue weighted by Crippen LogP contribution is 2.08. The fourth-order valence-electron chi connectivity index (χ4n) is 1.91. The van der Waals surface area contributed by atoms with Crippen LogP contribution in [0.1, 0.15) is 10.4 Å². The zero-order valence-corrected chi connectivity index (χ0v) is 11.4. The first-order chi connectivity index (χ1) is 10.7. The Kier molecular flexibility index (Phi) is 3.73. The number of carbonyl (C=O) groups excluding carboxylic acids is 2. The van der Waals surface area contributed by atoms with Gasteiger partial charge in [-0.25, -0.2) is 4.68 Å².